The predicted molar refractivity (Wildman–Crippen MR) is 73.5 cm³/mol. The lowest BCUT2D eigenvalue weighted by Gasteiger charge is -2.25. The largest absolute Gasteiger partial charge is 0.349 e. The topological polar surface area (TPSA) is 55.1 Å². The Morgan fingerprint density at radius 2 is 2.06 bits per heavy atom. The van der Waals surface area contributed by atoms with Crippen LogP contribution in [0.1, 0.15) is 32.4 Å². The summed E-state index contributed by atoms with van der Waals surface area (Å²) in [5, 5.41) is 2.98. The van der Waals surface area contributed by atoms with Gasteiger partial charge in [-0.25, -0.2) is 0 Å². The van der Waals surface area contributed by atoms with Gasteiger partial charge in [0.05, 0.1) is 11.5 Å². The molecule has 0 saturated heterocycles. The third-order valence-corrected chi connectivity index (χ3v) is 3.57. The summed E-state index contributed by atoms with van der Waals surface area (Å²) in [4.78, 5) is 12.0. The minimum absolute atomic E-state index is 0.0248. The number of halogens is 1. The van der Waals surface area contributed by atoms with Crippen LogP contribution in [0.25, 0.3) is 0 Å². The zero-order chi connectivity index (χ0) is 13.1. The first-order valence-electron chi connectivity index (χ1n) is 5.64. The van der Waals surface area contributed by atoms with Crippen molar-refractivity contribution in [1.29, 1.82) is 0 Å². The average molecular weight is 299 g/mol. The summed E-state index contributed by atoms with van der Waals surface area (Å²) in [6.45, 7) is 5.98. The number of nitrogens with two attached hydrogens (primary N) is 1. The molecule has 1 amide bonds. The van der Waals surface area contributed by atoms with Gasteiger partial charge in [-0.3, -0.25) is 4.79 Å². The Morgan fingerprint density at radius 1 is 1.47 bits per heavy atom. The van der Waals surface area contributed by atoms with Crippen molar-refractivity contribution in [3.8, 4) is 0 Å². The van der Waals surface area contributed by atoms with Gasteiger partial charge < -0.3 is 11.1 Å². The van der Waals surface area contributed by atoms with E-state index in [2.05, 4.69) is 21.2 Å². The van der Waals surface area contributed by atoms with Crippen LogP contribution in [0.3, 0.4) is 0 Å². The van der Waals surface area contributed by atoms with Gasteiger partial charge in [0.1, 0.15) is 0 Å². The molecule has 4 heteroatoms. The molecule has 0 unspecified atom stereocenters. The summed E-state index contributed by atoms with van der Waals surface area (Å²) in [5.41, 5.74) is 6.11. The number of nitrogens with one attached hydrogen (secondary N) is 1. The molecule has 1 rings (SSSR count). The molecule has 1 atom stereocenters. The monoisotopic (exact) mass is 298 g/mol. The summed E-state index contributed by atoms with van der Waals surface area (Å²) in [7, 11) is 0. The molecule has 1 aromatic carbocycles. The molecule has 3 nitrogen and oxygen atoms in total. The van der Waals surface area contributed by atoms with Crippen molar-refractivity contribution in [2.75, 3.05) is 6.54 Å². The van der Waals surface area contributed by atoms with E-state index in [1.54, 1.807) is 0 Å². The lowest BCUT2D eigenvalue weighted by Crippen LogP contribution is -2.42. The van der Waals surface area contributed by atoms with Gasteiger partial charge in [-0.2, -0.15) is 0 Å². The number of carbonyl (C=O) groups excluding carboxylic acids is 1. The van der Waals surface area contributed by atoms with Gasteiger partial charge in [0.2, 0.25) is 5.91 Å². The van der Waals surface area contributed by atoms with Crippen molar-refractivity contribution in [2.24, 2.45) is 11.1 Å². The SMILES string of the molecule is C[C@@H](NC(=O)C(C)(C)CN)c1ccccc1Br. The molecule has 0 spiro atoms. The molecular weight excluding hydrogens is 280 g/mol. The van der Waals surface area contributed by atoms with E-state index in [9.17, 15) is 4.79 Å². The van der Waals surface area contributed by atoms with E-state index in [4.69, 9.17) is 5.73 Å². The van der Waals surface area contributed by atoms with Crippen molar-refractivity contribution < 1.29 is 4.79 Å². The van der Waals surface area contributed by atoms with Crippen molar-refractivity contribution in [3.05, 3.63) is 34.3 Å². The molecule has 3 N–H and O–H groups in total. The van der Waals surface area contributed by atoms with Gasteiger partial charge in [0.15, 0.2) is 0 Å². The van der Waals surface area contributed by atoms with E-state index in [-0.39, 0.29) is 11.9 Å². The van der Waals surface area contributed by atoms with Crippen molar-refractivity contribution in [2.45, 2.75) is 26.8 Å². The van der Waals surface area contributed by atoms with E-state index in [1.165, 1.54) is 0 Å². The lowest BCUT2D eigenvalue weighted by molar-refractivity contribution is -0.129. The number of carbonyl (C=O) groups is 1. The molecule has 0 aliphatic carbocycles. The molecule has 1 aromatic rings. The molecule has 17 heavy (non-hydrogen) atoms. The first-order chi connectivity index (χ1) is 7.88. The molecule has 0 aliphatic rings. The number of hydrogen-bond acceptors (Lipinski definition) is 2. The molecule has 0 aliphatic heterocycles. The fourth-order valence-corrected chi connectivity index (χ4v) is 2.02. The minimum Gasteiger partial charge on any atom is -0.349 e. The van der Waals surface area contributed by atoms with Gasteiger partial charge >= 0.3 is 0 Å². The number of hydrogen-bond donors (Lipinski definition) is 2. The Labute approximate surface area is 111 Å². The van der Waals surface area contributed by atoms with Gasteiger partial charge in [0, 0.05) is 11.0 Å². The zero-order valence-electron chi connectivity index (χ0n) is 10.5. The Kier molecular flexibility index (Phi) is 4.71. The molecule has 0 fully saturated rings. The van der Waals surface area contributed by atoms with E-state index < -0.39 is 5.41 Å². The second-order valence-electron chi connectivity index (χ2n) is 4.80. The zero-order valence-corrected chi connectivity index (χ0v) is 12.0. The maximum absolute atomic E-state index is 12.0. The summed E-state index contributed by atoms with van der Waals surface area (Å²) < 4.78 is 0.998. The Hall–Kier alpha value is -0.870. The number of benzene rings is 1. The smallest absolute Gasteiger partial charge is 0.227 e. The van der Waals surface area contributed by atoms with E-state index in [0.29, 0.717) is 6.54 Å². The van der Waals surface area contributed by atoms with Crippen molar-refractivity contribution >= 4 is 21.8 Å². The van der Waals surface area contributed by atoms with Crippen LogP contribution in [0.15, 0.2) is 28.7 Å². The normalized spacial score (nSPS) is 13.2. The molecule has 0 heterocycles. The standard InChI is InChI=1S/C13H19BrN2O/c1-9(10-6-4-5-7-11(10)14)16-12(17)13(2,3)8-15/h4-7,9H,8,15H2,1-3H3,(H,16,17)/t9-/m1/s1. The third kappa shape index (κ3) is 3.54. The second-order valence-corrected chi connectivity index (χ2v) is 5.66. The molecule has 0 saturated carbocycles. The number of rotatable bonds is 4. The van der Waals surface area contributed by atoms with Gasteiger partial charge in [-0.15, -0.1) is 0 Å². The second kappa shape index (κ2) is 5.65. The van der Waals surface area contributed by atoms with Crippen molar-refractivity contribution in [1.82, 2.24) is 5.32 Å². The fourth-order valence-electron chi connectivity index (χ4n) is 1.39. The van der Waals surface area contributed by atoms with Crippen LogP contribution in [0, 0.1) is 5.41 Å². The van der Waals surface area contributed by atoms with Crippen LogP contribution in [-0.4, -0.2) is 12.5 Å². The predicted octanol–water partition coefficient (Wildman–Crippen LogP) is 2.61. The first-order valence-corrected chi connectivity index (χ1v) is 6.43. The molecule has 0 aromatic heterocycles. The number of amides is 1. The van der Waals surface area contributed by atoms with E-state index >= 15 is 0 Å². The van der Waals surface area contributed by atoms with Crippen LogP contribution in [0.5, 0.6) is 0 Å². The fraction of sp³-hybridized carbons (Fsp3) is 0.462. The summed E-state index contributed by atoms with van der Waals surface area (Å²) in [6, 6.07) is 7.82. The summed E-state index contributed by atoms with van der Waals surface area (Å²) in [5.74, 6) is -0.0248. The van der Waals surface area contributed by atoms with E-state index in [0.717, 1.165) is 10.0 Å². The Bertz CT molecular complexity index is 404. The Balaban J connectivity index is 2.77. The van der Waals surface area contributed by atoms with Gasteiger partial charge in [-0.1, -0.05) is 34.1 Å². The average Bonchev–Trinajstić information content (AvgIpc) is 2.29. The van der Waals surface area contributed by atoms with Gasteiger partial charge in [0.25, 0.3) is 0 Å². The molecular formula is C13H19BrN2O. The summed E-state index contributed by atoms with van der Waals surface area (Å²) in [6.07, 6.45) is 0. The highest BCUT2D eigenvalue weighted by Gasteiger charge is 2.27. The van der Waals surface area contributed by atoms with Crippen LogP contribution in [0.2, 0.25) is 0 Å². The summed E-state index contributed by atoms with van der Waals surface area (Å²) >= 11 is 3.48. The lowest BCUT2D eigenvalue weighted by atomic mass is 9.92. The highest BCUT2D eigenvalue weighted by molar-refractivity contribution is 9.10. The van der Waals surface area contributed by atoms with Crippen LogP contribution in [-0.2, 0) is 4.79 Å². The molecule has 94 valence electrons. The van der Waals surface area contributed by atoms with Crippen LogP contribution >= 0.6 is 15.9 Å². The van der Waals surface area contributed by atoms with Crippen LogP contribution in [0.4, 0.5) is 0 Å². The third-order valence-electron chi connectivity index (χ3n) is 2.84. The van der Waals surface area contributed by atoms with E-state index in [1.807, 2.05) is 45.0 Å². The molecule has 0 radical (unpaired) electrons. The minimum atomic E-state index is -0.532. The quantitative estimate of drug-likeness (QED) is 0.898. The van der Waals surface area contributed by atoms with Crippen molar-refractivity contribution in [3.63, 3.8) is 0 Å². The maximum atomic E-state index is 12.0. The molecule has 0 bridgehead atoms. The van der Waals surface area contributed by atoms with Crippen LogP contribution < -0.4 is 11.1 Å². The maximum Gasteiger partial charge on any atom is 0.227 e. The highest BCUT2D eigenvalue weighted by atomic mass is 79.9. The highest BCUT2D eigenvalue weighted by Crippen LogP contribution is 2.24. The Morgan fingerprint density at radius 3 is 2.59 bits per heavy atom. The first kappa shape index (κ1) is 14.2. The van der Waals surface area contributed by atoms with Gasteiger partial charge in [-0.05, 0) is 32.4 Å².